The fourth-order valence-electron chi connectivity index (χ4n) is 1.44. The minimum Gasteiger partial charge on any atom is -0.326 e. The quantitative estimate of drug-likeness (QED) is 0.274. The van der Waals surface area contributed by atoms with E-state index in [2.05, 4.69) is 15.3 Å². The van der Waals surface area contributed by atoms with Gasteiger partial charge < -0.3 is 5.32 Å². The molecule has 0 spiro atoms. The lowest BCUT2D eigenvalue weighted by atomic mass is 10.1. The van der Waals surface area contributed by atoms with Crippen molar-refractivity contribution in [3.8, 4) is 0 Å². The van der Waals surface area contributed by atoms with Crippen LogP contribution in [0.15, 0.2) is 29.4 Å². The van der Waals surface area contributed by atoms with Crippen LogP contribution in [0.2, 0.25) is 0 Å². The second-order valence-corrected chi connectivity index (χ2v) is 3.74. The predicted octanol–water partition coefficient (Wildman–Crippen LogP) is 2.92. The van der Waals surface area contributed by atoms with E-state index in [4.69, 9.17) is 5.53 Å². The van der Waals surface area contributed by atoms with Crippen molar-refractivity contribution in [2.45, 2.75) is 19.8 Å². The van der Waals surface area contributed by atoms with Crippen LogP contribution in [0.3, 0.4) is 0 Å². The molecule has 0 aliphatic rings. The zero-order chi connectivity index (χ0) is 13.4. The van der Waals surface area contributed by atoms with Gasteiger partial charge >= 0.3 is 0 Å². The first kappa shape index (κ1) is 13.7. The summed E-state index contributed by atoms with van der Waals surface area (Å²) in [5.41, 5.74) is 9.34. The molecule has 1 amide bonds. The number of anilines is 1. The minimum atomic E-state index is -0.150. The number of nitrogens with zero attached hydrogens (tertiary/aromatic N) is 3. The van der Waals surface area contributed by atoms with Gasteiger partial charge in [-0.05, 0) is 36.2 Å². The number of ketones is 1. The second-order valence-electron chi connectivity index (χ2n) is 3.74. The summed E-state index contributed by atoms with van der Waals surface area (Å²) in [6, 6.07) is 6.70. The van der Waals surface area contributed by atoms with Gasteiger partial charge in [0.25, 0.3) is 0 Å². The van der Waals surface area contributed by atoms with E-state index in [9.17, 15) is 9.59 Å². The molecule has 0 unspecified atom stereocenters. The number of hydrogen-bond donors (Lipinski definition) is 1. The topological polar surface area (TPSA) is 94.9 Å². The van der Waals surface area contributed by atoms with Crippen molar-refractivity contribution >= 4 is 17.4 Å². The van der Waals surface area contributed by atoms with Crippen molar-refractivity contribution in [1.29, 1.82) is 0 Å². The van der Waals surface area contributed by atoms with Gasteiger partial charge in [0.05, 0.1) is 0 Å². The first-order valence-electron chi connectivity index (χ1n) is 5.55. The highest BCUT2D eigenvalue weighted by Crippen LogP contribution is 2.12. The molecular formula is C12H14N4O2. The Hall–Kier alpha value is -2.33. The minimum absolute atomic E-state index is 0.00230. The summed E-state index contributed by atoms with van der Waals surface area (Å²) in [4.78, 5) is 25.2. The standard InChI is InChI=1S/C12H14N4O2/c1-9(17)15-11-6-4-10(5-7-11)12(18)3-2-8-14-16-13/h4-7H,2-3,8H2,1H3,(H,15,17). The van der Waals surface area contributed by atoms with E-state index < -0.39 is 0 Å². The van der Waals surface area contributed by atoms with Crippen LogP contribution in [-0.4, -0.2) is 18.2 Å². The van der Waals surface area contributed by atoms with Gasteiger partial charge in [0.15, 0.2) is 5.78 Å². The van der Waals surface area contributed by atoms with Crippen molar-refractivity contribution in [3.63, 3.8) is 0 Å². The van der Waals surface area contributed by atoms with Crippen LogP contribution >= 0.6 is 0 Å². The lowest BCUT2D eigenvalue weighted by Crippen LogP contribution is -2.06. The van der Waals surface area contributed by atoms with E-state index in [0.717, 1.165) is 0 Å². The Balaban J connectivity index is 2.53. The summed E-state index contributed by atoms with van der Waals surface area (Å²) < 4.78 is 0. The Morgan fingerprint density at radius 1 is 1.33 bits per heavy atom. The molecule has 6 nitrogen and oxygen atoms in total. The van der Waals surface area contributed by atoms with Gasteiger partial charge in [0.2, 0.25) is 5.91 Å². The van der Waals surface area contributed by atoms with Crippen molar-refractivity contribution in [1.82, 2.24) is 0 Å². The first-order valence-corrected chi connectivity index (χ1v) is 5.55. The maximum atomic E-state index is 11.7. The van der Waals surface area contributed by atoms with Crippen LogP contribution in [0, 0.1) is 0 Å². The Kier molecular flexibility index (Phi) is 5.41. The van der Waals surface area contributed by atoms with E-state index in [1.165, 1.54) is 6.92 Å². The average Bonchev–Trinajstić information content (AvgIpc) is 2.34. The SMILES string of the molecule is CC(=O)Nc1ccc(C(=O)CCCN=[N+]=[N-])cc1. The molecule has 94 valence electrons. The monoisotopic (exact) mass is 246 g/mol. The highest BCUT2D eigenvalue weighted by atomic mass is 16.1. The van der Waals surface area contributed by atoms with Crippen molar-refractivity contribution in [2.24, 2.45) is 5.11 Å². The summed E-state index contributed by atoms with van der Waals surface area (Å²) in [6.45, 7) is 1.75. The van der Waals surface area contributed by atoms with Crippen molar-refractivity contribution in [3.05, 3.63) is 40.3 Å². The molecule has 0 aliphatic carbocycles. The van der Waals surface area contributed by atoms with E-state index in [1.54, 1.807) is 24.3 Å². The molecule has 0 saturated heterocycles. The fraction of sp³-hybridized carbons (Fsp3) is 0.333. The van der Waals surface area contributed by atoms with Crippen molar-refractivity contribution in [2.75, 3.05) is 11.9 Å². The molecule has 0 radical (unpaired) electrons. The third-order valence-corrected chi connectivity index (χ3v) is 2.25. The molecule has 0 aromatic heterocycles. The molecule has 18 heavy (non-hydrogen) atoms. The molecule has 6 heteroatoms. The van der Waals surface area contributed by atoms with Gasteiger partial charge in [0, 0.05) is 36.1 Å². The van der Waals surface area contributed by atoms with Gasteiger partial charge in [-0.15, -0.1) is 0 Å². The van der Waals surface area contributed by atoms with Gasteiger partial charge in [0.1, 0.15) is 0 Å². The zero-order valence-corrected chi connectivity index (χ0v) is 10.1. The van der Waals surface area contributed by atoms with Crippen LogP contribution < -0.4 is 5.32 Å². The van der Waals surface area contributed by atoms with Crippen LogP contribution in [0.4, 0.5) is 5.69 Å². The van der Waals surface area contributed by atoms with E-state index in [0.29, 0.717) is 30.6 Å². The first-order chi connectivity index (χ1) is 8.63. The largest absolute Gasteiger partial charge is 0.326 e. The molecule has 1 rings (SSSR count). The molecule has 0 heterocycles. The highest BCUT2D eigenvalue weighted by Gasteiger charge is 2.05. The summed E-state index contributed by atoms with van der Waals surface area (Å²) >= 11 is 0. The Bertz CT molecular complexity index is 475. The lowest BCUT2D eigenvalue weighted by molar-refractivity contribution is -0.114. The maximum absolute atomic E-state index is 11.7. The molecule has 0 bridgehead atoms. The number of carbonyl (C=O) groups excluding carboxylic acids is 2. The van der Waals surface area contributed by atoms with Crippen LogP contribution in [0.25, 0.3) is 10.4 Å². The smallest absolute Gasteiger partial charge is 0.221 e. The summed E-state index contributed by atoms with van der Waals surface area (Å²) in [5, 5.41) is 5.99. The number of azide groups is 1. The number of benzene rings is 1. The van der Waals surface area contributed by atoms with E-state index in [1.807, 2.05) is 0 Å². The molecule has 0 atom stereocenters. The molecule has 1 aromatic rings. The number of rotatable bonds is 6. The Labute approximate surface area is 105 Å². The molecule has 0 saturated carbocycles. The average molecular weight is 246 g/mol. The molecular weight excluding hydrogens is 232 g/mol. The predicted molar refractivity (Wildman–Crippen MR) is 68.3 cm³/mol. The number of amides is 1. The second kappa shape index (κ2) is 7.09. The van der Waals surface area contributed by atoms with Crippen LogP contribution in [0.5, 0.6) is 0 Å². The van der Waals surface area contributed by atoms with Gasteiger partial charge in [-0.3, -0.25) is 9.59 Å². The molecule has 1 N–H and O–H groups in total. The van der Waals surface area contributed by atoms with Gasteiger partial charge in [-0.1, -0.05) is 5.11 Å². The zero-order valence-electron chi connectivity index (χ0n) is 10.1. The lowest BCUT2D eigenvalue weighted by Gasteiger charge is -2.03. The van der Waals surface area contributed by atoms with Crippen molar-refractivity contribution < 1.29 is 9.59 Å². The normalized spacial score (nSPS) is 9.39. The fourth-order valence-corrected chi connectivity index (χ4v) is 1.44. The Morgan fingerprint density at radius 3 is 2.56 bits per heavy atom. The number of hydrogen-bond acceptors (Lipinski definition) is 3. The molecule has 1 aromatic carbocycles. The molecule has 0 aliphatic heterocycles. The highest BCUT2D eigenvalue weighted by molar-refractivity contribution is 5.97. The van der Waals surface area contributed by atoms with Gasteiger partial charge in [-0.25, -0.2) is 0 Å². The van der Waals surface area contributed by atoms with E-state index in [-0.39, 0.29) is 11.7 Å². The van der Waals surface area contributed by atoms with Crippen LogP contribution in [-0.2, 0) is 4.79 Å². The summed E-state index contributed by atoms with van der Waals surface area (Å²) in [6.07, 6.45) is 0.884. The Morgan fingerprint density at radius 2 is 2.00 bits per heavy atom. The van der Waals surface area contributed by atoms with E-state index >= 15 is 0 Å². The van der Waals surface area contributed by atoms with Crippen LogP contribution in [0.1, 0.15) is 30.1 Å². The summed E-state index contributed by atoms with van der Waals surface area (Å²) in [5.74, 6) is -0.152. The number of nitrogens with one attached hydrogen (secondary N) is 1. The third kappa shape index (κ3) is 4.67. The third-order valence-electron chi connectivity index (χ3n) is 2.25. The molecule has 0 fully saturated rings. The number of Topliss-reactive ketones (excluding diaryl/α,β-unsaturated/α-hetero) is 1. The van der Waals surface area contributed by atoms with Gasteiger partial charge in [-0.2, -0.15) is 0 Å². The number of carbonyl (C=O) groups is 2. The maximum Gasteiger partial charge on any atom is 0.221 e. The summed E-state index contributed by atoms with van der Waals surface area (Å²) in [7, 11) is 0.